The number of nitrogens with zero attached hydrogens (tertiary/aromatic N) is 5. The van der Waals surface area contributed by atoms with Crippen LogP contribution >= 0.6 is 0 Å². The van der Waals surface area contributed by atoms with Gasteiger partial charge in [-0.3, -0.25) is 0 Å². The normalized spacial score (nSPS) is 23.9. The molecule has 3 aromatic carbocycles. The van der Waals surface area contributed by atoms with Gasteiger partial charge >= 0.3 is 0 Å². The Labute approximate surface area is 230 Å². The zero-order valence-corrected chi connectivity index (χ0v) is 22.4. The van der Waals surface area contributed by atoms with E-state index in [1.54, 1.807) is 24.3 Å². The van der Waals surface area contributed by atoms with Gasteiger partial charge in [0.2, 0.25) is 0 Å². The summed E-state index contributed by atoms with van der Waals surface area (Å²) in [5.74, 6) is 4.09. The third kappa shape index (κ3) is 4.93. The topological polar surface area (TPSA) is 86.2 Å². The van der Waals surface area contributed by atoms with Crippen molar-refractivity contribution in [1.82, 2.24) is 15.0 Å². The van der Waals surface area contributed by atoms with Gasteiger partial charge in [-0.15, -0.1) is 0 Å². The molecule has 2 unspecified atom stereocenters. The average molecular weight is 510 g/mol. The fourth-order valence-electron chi connectivity index (χ4n) is 7.18. The molecular formula is C34H31N5. The van der Waals surface area contributed by atoms with E-state index in [9.17, 15) is 10.5 Å². The molecule has 0 spiro atoms. The zero-order valence-electron chi connectivity index (χ0n) is 22.4. The molecule has 39 heavy (non-hydrogen) atoms. The highest BCUT2D eigenvalue weighted by Gasteiger charge is 2.45. The first kappa shape index (κ1) is 25.0. The SMILES string of the molecule is C[C@@H]1CC2C[C@H](C)CC(c3ccc(-c4nc(-c5ccc(C#N)cc5)nc(-c5ccc(C#N)cc5)n4)cc3)(C2)C1. The molecule has 2 fully saturated rings. The molecule has 2 aliphatic carbocycles. The molecule has 2 aliphatic rings. The molecule has 5 nitrogen and oxygen atoms in total. The highest BCUT2D eigenvalue weighted by Crippen LogP contribution is 2.54. The largest absolute Gasteiger partial charge is 0.208 e. The summed E-state index contributed by atoms with van der Waals surface area (Å²) in [6, 6.07) is 27.8. The van der Waals surface area contributed by atoms with Gasteiger partial charge < -0.3 is 0 Å². The summed E-state index contributed by atoms with van der Waals surface area (Å²) < 4.78 is 0. The van der Waals surface area contributed by atoms with E-state index in [1.165, 1.54) is 37.7 Å². The van der Waals surface area contributed by atoms with Crippen molar-refractivity contribution in [2.45, 2.75) is 51.4 Å². The van der Waals surface area contributed by atoms with Crippen molar-refractivity contribution in [3.63, 3.8) is 0 Å². The van der Waals surface area contributed by atoms with Crippen molar-refractivity contribution >= 4 is 0 Å². The number of fused-ring (bicyclic) bond motifs is 2. The molecular weight excluding hydrogens is 478 g/mol. The Kier molecular flexibility index (Phi) is 6.45. The summed E-state index contributed by atoms with van der Waals surface area (Å²) in [5.41, 5.74) is 5.50. The maximum atomic E-state index is 9.21. The van der Waals surface area contributed by atoms with Crippen LogP contribution in [0.25, 0.3) is 34.2 Å². The summed E-state index contributed by atoms with van der Waals surface area (Å²) in [5, 5.41) is 18.4. The number of rotatable bonds is 4. The first-order valence-corrected chi connectivity index (χ1v) is 13.8. The Hall–Kier alpha value is -4.35. The molecule has 0 aliphatic heterocycles. The number of aromatic nitrogens is 3. The maximum absolute atomic E-state index is 9.21. The predicted octanol–water partition coefficient (Wildman–Crippen LogP) is 7.72. The predicted molar refractivity (Wildman–Crippen MR) is 152 cm³/mol. The van der Waals surface area contributed by atoms with E-state index in [0.717, 1.165) is 34.4 Å². The second-order valence-corrected chi connectivity index (χ2v) is 11.7. The van der Waals surface area contributed by atoms with Crippen molar-refractivity contribution < 1.29 is 0 Å². The molecule has 5 heteroatoms. The van der Waals surface area contributed by atoms with Gasteiger partial charge in [0.05, 0.1) is 23.3 Å². The van der Waals surface area contributed by atoms with E-state index in [4.69, 9.17) is 15.0 Å². The van der Waals surface area contributed by atoms with Crippen LogP contribution in [0.2, 0.25) is 0 Å². The summed E-state index contributed by atoms with van der Waals surface area (Å²) in [6.07, 6.45) is 6.57. The molecule has 2 saturated carbocycles. The first-order valence-electron chi connectivity index (χ1n) is 13.8. The van der Waals surface area contributed by atoms with E-state index in [1.807, 2.05) is 24.3 Å². The van der Waals surface area contributed by atoms with E-state index < -0.39 is 0 Å². The second-order valence-electron chi connectivity index (χ2n) is 11.7. The van der Waals surface area contributed by atoms with Gasteiger partial charge in [-0.05, 0) is 109 Å². The summed E-state index contributed by atoms with van der Waals surface area (Å²) in [4.78, 5) is 14.5. The third-order valence-electron chi connectivity index (χ3n) is 8.56. The molecule has 4 aromatic rings. The minimum Gasteiger partial charge on any atom is -0.208 e. The van der Waals surface area contributed by atoms with Crippen molar-refractivity contribution in [3.05, 3.63) is 89.5 Å². The van der Waals surface area contributed by atoms with E-state index >= 15 is 0 Å². The lowest BCUT2D eigenvalue weighted by Crippen LogP contribution is -2.42. The van der Waals surface area contributed by atoms with Crippen LogP contribution in [-0.2, 0) is 5.41 Å². The summed E-state index contributed by atoms with van der Waals surface area (Å²) >= 11 is 0. The highest BCUT2D eigenvalue weighted by atomic mass is 15.0. The zero-order chi connectivity index (χ0) is 27.0. The first-order chi connectivity index (χ1) is 18.9. The van der Waals surface area contributed by atoms with Gasteiger partial charge in [-0.1, -0.05) is 38.1 Å². The molecule has 1 aromatic heterocycles. The number of hydrogen-bond donors (Lipinski definition) is 0. The van der Waals surface area contributed by atoms with Gasteiger partial charge in [0.1, 0.15) is 0 Å². The van der Waals surface area contributed by atoms with Crippen LogP contribution in [0.5, 0.6) is 0 Å². The molecule has 4 atom stereocenters. The van der Waals surface area contributed by atoms with Gasteiger partial charge in [0.25, 0.3) is 0 Å². The minimum atomic E-state index is 0.277. The maximum Gasteiger partial charge on any atom is 0.164 e. The molecule has 0 N–H and O–H groups in total. The van der Waals surface area contributed by atoms with E-state index in [2.05, 4.69) is 50.3 Å². The molecule has 0 amide bonds. The fourth-order valence-corrected chi connectivity index (χ4v) is 7.18. The van der Waals surface area contributed by atoms with Gasteiger partial charge in [0, 0.05) is 16.7 Å². The van der Waals surface area contributed by atoms with Crippen molar-refractivity contribution in [1.29, 1.82) is 10.5 Å². The van der Waals surface area contributed by atoms with Crippen LogP contribution in [0.1, 0.15) is 62.6 Å². The molecule has 6 rings (SSSR count). The lowest BCUT2D eigenvalue weighted by molar-refractivity contribution is 0.0780. The number of hydrogen-bond acceptors (Lipinski definition) is 5. The molecule has 0 saturated heterocycles. The molecule has 192 valence electrons. The third-order valence-corrected chi connectivity index (χ3v) is 8.56. The standard InChI is InChI=1S/C34H31N5/c1-22-15-26-16-23(2)18-34(17-22,19-26)30-13-11-29(12-14-30)33-38-31(27-7-3-24(20-35)4-8-27)37-32(39-33)28-9-5-25(21-36)6-10-28/h3-14,22-23,26H,15-19H2,1-2H3/t22-,23+,26?,34?. The minimum absolute atomic E-state index is 0.277. The number of benzene rings is 3. The van der Waals surface area contributed by atoms with Gasteiger partial charge in [-0.25, -0.2) is 15.0 Å². The van der Waals surface area contributed by atoms with Gasteiger partial charge in [-0.2, -0.15) is 10.5 Å². The molecule has 1 heterocycles. The molecule has 0 radical (unpaired) electrons. The number of nitriles is 2. The lowest BCUT2D eigenvalue weighted by Gasteiger charge is -2.50. The second kappa shape index (κ2) is 10.1. The summed E-state index contributed by atoms with van der Waals surface area (Å²) in [6.45, 7) is 4.84. The summed E-state index contributed by atoms with van der Waals surface area (Å²) in [7, 11) is 0. The van der Waals surface area contributed by atoms with Gasteiger partial charge in [0.15, 0.2) is 17.5 Å². The Balaban J connectivity index is 1.40. The Morgan fingerprint density at radius 2 is 0.974 bits per heavy atom. The van der Waals surface area contributed by atoms with Crippen molar-refractivity contribution in [2.24, 2.45) is 17.8 Å². The van der Waals surface area contributed by atoms with Crippen molar-refractivity contribution in [2.75, 3.05) is 0 Å². The quantitative estimate of drug-likeness (QED) is 0.281. The average Bonchev–Trinajstić information content (AvgIpc) is 2.96. The van der Waals surface area contributed by atoms with E-state index in [-0.39, 0.29) is 5.41 Å². The fraction of sp³-hybridized carbons (Fsp3) is 0.324. The van der Waals surface area contributed by atoms with Crippen LogP contribution in [0.3, 0.4) is 0 Å². The van der Waals surface area contributed by atoms with Crippen molar-refractivity contribution in [3.8, 4) is 46.3 Å². The van der Waals surface area contributed by atoms with Crippen LogP contribution in [0.15, 0.2) is 72.8 Å². The van der Waals surface area contributed by atoms with Crippen LogP contribution < -0.4 is 0 Å². The monoisotopic (exact) mass is 509 g/mol. The van der Waals surface area contributed by atoms with Crippen LogP contribution in [0, 0.1) is 40.4 Å². The van der Waals surface area contributed by atoms with Crippen LogP contribution in [0.4, 0.5) is 0 Å². The Morgan fingerprint density at radius 3 is 1.36 bits per heavy atom. The van der Waals surface area contributed by atoms with Crippen LogP contribution in [-0.4, -0.2) is 15.0 Å². The lowest BCUT2D eigenvalue weighted by atomic mass is 9.54. The van der Waals surface area contributed by atoms with E-state index in [0.29, 0.717) is 28.6 Å². The highest BCUT2D eigenvalue weighted by molar-refractivity contribution is 5.67. The molecule has 2 bridgehead atoms. The Bertz CT molecular complexity index is 1480. The Morgan fingerprint density at radius 1 is 0.590 bits per heavy atom. The smallest absolute Gasteiger partial charge is 0.164 e.